The van der Waals surface area contributed by atoms with Crippen molar-refractivity contribution in [1.29, 1.82) is 0 Å². The van der Waals surface area contributed by atoms with E-state index in [4.69, 9.17) is 48.1 Å². The van der Waals surface area contributed by atoms with Crippen LogP contribution in [0.5, 0.6) is 40.2 Å². The molecule has 10 aromatic carbocycles. The molecule has 0 aliphatic heterocycles. The van der Waals surface area contributed by atoms with E-state index in [1.54, 1.807) is 109 Å². The van der Waals surface area contributed by atoms with E-state index in [-0.39, 0.29) is 84.3 Å². The first-order chi connectivity index (χ1) is 67.6. The van der Waals surface area contributed by atoms with Crippen LogP contribution in [0, 0.1) is 0 Å². The maximum atomic E-state index is 13.0. The predicted octanol–water partition coefficient (Wildman–Crippen LogP) is 18.9. The lowest BCUT2D eigenvalue weighted by Crippen LogP contribution is -2.41. The number of carbonyl (C=O) groups is 12. The Morgan fingerprint density at radius 1 is 0.350 bits per heavy atom. The van der Waals surface area contributed by atoms with Crippen molar-refractivity contribution >= 4 is 93.5 Å². The minimum atomic E-state index is -1.07. The summed E-state index contributed by atoms with van der Waals surface area (Å²) in [5.74, 6) is -2.19. The topological polar surface area (TPSA) is 395 Å². The fourth-order valence-corrected chi connectivity index (χ4v) is 14.3. The summed E-state index contributed by atoms with van der Waals surface area (Å²) in [4.78, 5) is 150. The van der Waals surface area contributed by atoms with Crippen LogP contribution in [0.2, 0.25) is 0 Å². The second-order valence-corrected chi connectivity index (χ2v) is 33.7. The summed E-state index contributed by atoms with van der Waals surface area (Å²) in [5, 5.41) is 33.7. The number of methoxy groups -OCH3 is 2. The highest BCUT2D eigenvalue weighted by atomic mass is 16.6. The molecule has 6 amide bonds. The fourth-order valence-electron chi connectivity index (χ4n) is 14.3. The summed E-state index contributed by atoms with van der Waals surface area (Å²) in [6, 6.07) is 65.5. The average molecular weight is 1920 g/mol. The molecule has 0 spiro atoms. The highest BCUT2D eigenvalue weighted by Gasteiger charge is 2.26. The van der Waals surface area contributed by atoms with E-state index in [1.165, 1.54) is 153 Å². The molecule has 0 bridgehead atoms. The molecule has 0 saturated heterocycles. The van der Waals surface area contributed by atoms with Crippen molar-refractivity contribution in [3.8, 4) is 40.2 Å². The molecule has 29 heteroatoms. The quantitative estimate of drug-likeness (QED) is 0.00997. The van der Waals surface area contributed by atoms with Crippen molar-refractivity contribution in [2.75, 3.05) is 75.2 Å². The van der Waals surface area contributed by atoms with Gasteiger partial charge >= 0.3 is 17.9 Å². The van der Waals surface area contributed by atoms with Crippen molar-refractivity contribution in [2.45, 2.75) is 201 Å². The summed E-state index contributed by atoms with van der Waals surface area (Å²) in [6.45, 7) is 13.2. The molecule has 0 aliphatic carbocycles. The number of nitrogens with one attached hydrogen (secondary N) is 6. The number of hydrogen-bond acceptors (Lipinski definition) is 22. The number of aliphatic hydroxyl groups is 1. The Kier molecular flexibility index (Phi) is 47.9. The number of nitrogens with zero attached hydrogens (tertiary/aromatic N) is 1. The number of benzene rings is 10. The summed E-state index contributed by atoms with van der Waals surface area (Å²) in [6.07, 6.45) is 17.8. The lowest BCUT2D eigenvalue weighted by atomic mass is 10.0. The highest BCUT2D eigenvalue weighted by Crippen LogP contribution is 2.33. The molecular weight excluding hydrogens is 1780 g/mol. The summed E-state index contributed by atoms with van der Waals surface area (Å²) >= 11 is 0. The fraction of sp³-hybridized carbons (Fsp3) is 0.351. The zero-order valence-electron chi connectivity index (χ0n) is 81.3. The zero-order valence-corrected chi connectivity index (χ0v) is 81.3. The van der Waals surface area contributed by atoms with Crippen LogP contribution in [-0.2, 0) is 70.7 Å². The number of ether oxygens (including phenoxy) is 8. The SMILES string of the molecule is CCCCCCCOc1ccc(C(=O)Oc2ccc(CC(NC(=O)c3ccc(NC(=O)CCC(=O)O)cc3)C(C)=O)cc2OC)cc1.CCCCCCCOc1ccc(C(=O)Oc2ccc(CC(NC(=O)c3ccc(NC(=O)CO)cc3)C(C)=O)cc2OC)cc1.CCCCCCCOc1ccc(CN(C)c2ccc(C[C@H](NC(=O)c3ccc(NC(=O)COCc4ccccc4)cc3)C(C)=O)cc2)cc1. The molecule has 2 unspecified atom stereocenters. The summed E-state index contributed by atoms with van der Waals surface area (Å²) in [7, 11) is 4.93. The van der Waals surface area contributed by atoms with Gasteiger partial charge in [0.1, 0.15) is 30.5 Å². The first-order valence-corrected chi connectivity index (χ1v) is 47.5. The Morgan fingerprint density at radius 2 is 0.693 bits per heavy atom. The predicted molar refractivity (Wildman–Crippen MR) is 539 cm³/mol. The molecule has 29 nitrogen and oxygen atoms in total. The summed E-state index contributed by atoms with van der Waals surface area (Å²) in [5.41, 5.74) is 8.54. The Labute approximate surface area is 819 Å². The number of carboxylic acid groups (broad SMARTS) is 1. The van der Waals surface area contributed by atoms with Crippen LogP contribution in [0.15, 0.2) is 237 Å². The Bertz CT molecular complexity index is 5610. The van der Waals surface area contributed by atoms with Crippen LogP contribution < -0.4 is 70.0 Å². The minimum absolute atomic E-state index is 0.0856. The maximum absolute atomic E-state index is 13.0. The van der Waals surface area contributed by atoms with Crippen molar-refractivity contribution in [3.05, 3.63) is 292 Å². The molecular formula is C111H131N7O22. The van der Waals surface area contributed by atoms with E-state index < -0.39 is 66.3 Å². The van der Waals surface area contributed by atoms with Gasteiger partial charge in [-0.2, -0.15) is 0 Å². The molecule has 0 heterocycles. The minimum Gasteiger partial charge on any atom is -0.494 e. The third kappa shape index (κ3) is 40.1. The zero-order chi connectivity index (χ0) is 101. The Balaban J connectivity index is 0.000000258. The molecule has 742 valence electrons. The molecule has 0 aromatic heterocycles. The van der Waals surface area contributed by atoms with Gasteiger partial charge in [-0.05, 0) is 257 Å². The number of hydrogen-bond donors (Lipinski definition) is 8. The average Bonchev–Trinajstić information content (AvgIpc) is 0.473. The van der Waals surface area contributed by atoms with E-state index in [2.05, 4.69) is 69.7 Å². The van der Waals surface area contributed by atoms with Gasteiger partial charge in [0.25, 0.3) is 17.7 Å². The van der Waals surface area contributed by atoms with Gasteiger partial charge in [-0.25, -0.2) is 9.59 Å². The van der Waals surface area contributed by atoms with Crippen LogP contribution >= 0.6 is 0 Å². The van der Waals surface area contributed by atoms with Crippen LogP contribution in [0.25, 0.3) is 0 Å². The Hall–Kier alpha value is -14.8. The highest BCUT2D eigenvalue weighted by molar-refractivity contribution is 6.01. The van der Waals surface area contributed by atoms with Gasteiger partial charge in [-0.1, -0.05) is 165 Å². The van der Waals surface area contributed by atoms with Gasteiger partial charge in [0.05, 0.1) is 76.3 Å². The lowest BCUT2D eigenvalue weighted by Gasteiger charge is -2.21. The third-order valence-electron chi connectivity index (χ3n) is 22.4. The summed E-state index contributed by atoms with van der Waals surface area (Å²) < 4.78 is 45.0. The molecule has 0 fully saturated rings. The van der Waals surface area contributed by atoms with Gasteiger partial charge in [0.15, 0.2) is 40.3 Å². The van der Waals surface area contributed by atoms with Crippen molar-refractivity contribution in [1.82, 2.24) is 16.0 Å². The second kappa shape index (κ2) is 60.7. The smallest absolute Gasteiger partial charge is 0.343 e. The largest absolute Gasteiger partial charge is 0.494 e. The third-order valence-corrected chi connectivity index (χ3v) is 22.4. The van der Waals surface area contributed by atoms with E-state index in [0.29, 0.717) is 93.9 Å². The molecule has 0 aliphatic rings. The number of carbonyl (C=O) groups excluding carboxylic acids is 11. The number of amides is 6. The monoisotopic (exact) mass is 1910 g/mol. The number of aliphatic hydroxyl groups excluding tert-OH is 1. The van der Waals surface area contributed by atoms with Gasteiger partial charge in [-0.15, -0.1) is 0 Å². The maximum Gasteiger partial charge on any atom is 0.343 e. The normalized spacial score (nSPS) is 11.3. The molecule has 0 saturated carbocycles. The molecule has 0 radical (unpaired) electrons. The number of aliphatic carboxylic acids is 1. The van der Waals surface area contributed by atoms with E-state index in [1.807, 2.05) is 73.8 Å². The first kappa shape index (κ1) is 110. The number of Topliss-reactive ketones (excluding diaryl/α,β-unsaturated/α-hetero) is 3. The van der Waals surface area contributed by atoms with Gasteiger partial charge in [0.2, 0.25) is 17.7 Å². The van der Waals surface area contributed by atoms with Crippen LogP contribution in [-0.4, -0.2) is 153 Å². The lowest BCUT2D eigenvalue weighted by molar-refractivity contribution is -0.138. The van der Waals surface area contributed by atoms with Crippen LogP contribution in [0.3, 0.4) is 0 Å². The number of carboxylic acids is 1. The number of unbranched alkanes of at least 4 members (excludes halogenated alkanes) is 12. The van der Waals surface area contributed by atoms with Crippen LogP contribution in [0.1, 0.15) is 230 Å². The number of esters is 2. The van der Waals surface area contributed by atoms with Gasteiger partial charge < -0.3 is 84.9 Å². The standard InChI is InChI=1S/C41H49N3O5.C36H42N2O9.C34H40N2O8/c1-4-5-6-7-11-26-49-38-24-16-33(17-25-38)28-44(3)37-22-14-32(15-23-37)27-39(31(2)45)43-41(47)35-18-20-36(21-19-35)42-40(46)30-48-29-34-12-9-8-10-13-34;1-4-5-6-7-8-21-46-29-16-12-27(13-17-29)36(44)47-31-18-9-25(23-32(31)45-3)22-30(24(2)39)38-35(43)26-10-14-28(15-11-26)37-33(40)19-20-34(41)42;1-4-5-6-7-8-19-43-28-16-12-26(13-17-28)34(41)44-30-18-9-24(21-31(30)42-3)20-29(23(2)38)36-33(40)25-10-14-27(15-11-25)35-32(39)22-37/h8-10,12-25,39H,4-7,11,26-30H2,1-3H3,(H,42,46)(H,43,47);9-18,23,30H,4-8,19-22H2,1-3H3,(H,37,40)(H,38,43)(H,41,42);9-18,21,29,37H,4-8,19-20,22H2,1-3H3,(H,35,39)(H,36,40)/t39-;;/m0../s1. The molecule has 3 atom stereocenters. The van der Waals surface area contributed by atoms with Crippen molar-refractivity contribution in [3.63, 3.8) is 0 Å². The van der Waals surface area contributed by atoms with Gasteiger partial charge in [0, 0.05) is 59.5 Å². The number of ketones is 3. The second-order valence-electron chi connectivity index (χ2n) is 33.7. The molecule has 10 aromatic rings. The van der Waals surface area contributed by atoms with E-state index in [9.17, 15) is 57.5 Å². The molecule has 10 rings (SSSR count). The van der Waals surface area contributed by atoms with E-state index >= 15 is 0 Å². The Morgan fingerprint density at radius 3 is 1.06 bits per heavy atom. The van der Waals surface area contributed by atoms with Gasteiger partial charge in [-0.3, -0.25) is 47.9 Å². The first-order valence-electron chi connectivity index (χ1n) is 47.5. The van der Waals surface area contributed by atoms with Crippen LogP contribution in [0.4, 0.5) is 22.7 Å². The molecule has 8 N–H and O–H groups in total. The van der Waals surface area contributed by atoms with E-state index in [0.717, 1.165) is 67.8 Å². The van der Waals surface area contributed by atoms with Crippen molar-refractivity contribution in [2.24, 2.45) is 0 Å². The number of anilines is 4. The van der Waals surface area contributed by atoms with Crippen molar-refractivity contribution < 1.29 is 106 Å². The number of rotatable bonds is 56. The molecule has 140 heavy (non-hydrogen) atoms.